The van der Waals surface area contributed by atoms with Gasteiger partial charge in [0.2, 0.25) is 5.91 Å². The molecular formula is C29H25N5O3S. The van der Waals surface area contributed by atoms with Gasteiger partial charge in [0.15, 0.2) is 5.13 Å². The van der Waals surface area contributed by atoms with Gasteiger partial charge in [0, 0.05) is 35.3 Å². The minimum absolute atomic E-state index is 0.156. The normalized spacial score (nSPS) is 12.2. The molecule has 0 unspecified atom stereocenters. The molecule has 190 valence electrons. The van der Waals surface area contributed by atoms with Crippen LogP contribution in [0.25, 0.3) is 38.3 Å². The van der Waals surface area contributed by atoms with Crippen molar-refractivity contribution in [3.8, 4) is 27.5 Å². The lowest BCUT2D eigenvalue weighted by molar-refractivity contribution is -0.114. The molecule has 3 heterocycles. The lowest BCUT2D eigenvalue weighted by Gasteiger charge is -2.16. The van der Waals surface area contributed by atoms with Gasteiger partial charge in [0.05, 0.1) is 39.8 Å². The summed E-state index contributed by atoms with van der Waals surface area (Å²) in [6.07, 6.45) is 3.36. The Kier molecular flexibility index (Phi) is 6.00. The average molecular weight is 524 g/mol. The predicted molar refractivity (Wildman–Crippen MR) is 148 cm³/mol. The number of nitrogens with one attached hydrogen (secondary N) is 1. The Morgan fingerprint density at radius 2 is 1.89 bits per heavy atom. The molecule has 0 saturated heterocycles. The molecule has 0 saturated carbocycles. The van der Waals surface area contributed by atoms with Crippen LogP contribution in [-0.2, 0) is 22.4 Å². The van der Waals surface area contributed by atoms with Crippen molar-refractivity contribution in [2.45, 2.75) is 33.6 Å². The molecule has 8 nitrogen and oxygen atoms in total. The summed E-state index contributed by atoms with van der Waals surface area (Å²) in [4.78, 5) is 34.7. The predicted octanol–water partition coefficient (Wildman–Crippen LogP) is 5.75. The van der Waals surface area contributed by atoms with Crippen molar-refractivity contribution in [3.05, 3.63) is 77.2 Å². The molecule has 2 aromatic carbocycles. The molecule has 0 fully saturated rings. The first-order chi connectivity index (χ1) is 18.4. The summed E-state index contributed by atoms with van der Waals surface area (Å²) in [6, 6.07) is 15.5. The zero-order chi connectivity index (χ0) is 26.4. The van der Waals surface area contributed by atoms with Crippen LogP contribution < -0.4 is 5.32 Å². The quantitative estimate of drug-likeness (QED) is 0.294. The Morgan fingerprint density at radius 1 is 1.08 bits per heavy atom. The van der Waals surface area contributed by atoms with E-state index in [0.29, 0.717) is 17.3 Å². The van der Waals surface area contributed by atoms with Crippen LogP contribution in [0.15, 0.2) is 54.7 Å². The largest absolute Gasteiger partial charge is 0.462 e. The van der Waals surface area contributed by atoms with E-state index in [2.05, 4.69) is 10.3 Å². The van der Waals surface area contributed by atoms with Gasteiger partial charge in [-0.3, -0.25) is 9.78 Å². The number of thiazole rings is 1. The molecule has 1 N–H and O–H groups in total. The number of hydrogen-bond donors (Lipinski definition) is 1. The summed E-state index contributed by atoms with van der Waals surface area (Å²) < 4.78 is 7.27. The second-order valence-corrected chi connectivity index (χ2v) is 10.1. The van der Waals surface area contributed by atoms with Crippen molar-refractivity contribution in [3.63, 3.8) is 0 Å². The molecule has 0 spiro atoms. The molecule has 3 aromatic heterocycles. The number of carbonyl (C=O) groups is 2. The van der Waals surface area contributed by atoms with Gasteiger partial charge in [-0.2, -0.15) is 5.10 Å². The van der Waals surface area contributed by atoms with Gasteiger partial charge in [-0.25, -0.2) is 14.5 Å². The first kappa shape index (κ1) is 24.0. The van der Waals surface area contributed by atoms with Crippen LogP contribution in [-0.4, -0.2) is 38.2 Å². The molecule has 6 rings (SSSR count). The van der Waals surface area contributed by atoms with Crippen molar-refractivity contribution in [1.29, 1.82) is 0 Å². The topological polar surface area (TPSA) is 99.0 Å². The number of hydrogen-bond acceptors (Lipinski definition) is 7. The lowest BCUT2D eigenvalue weighted by atomic mass is 9.95. The van der Waals surface area contributed by atoms with Gasteiger partial charge >= 0.3 is 5.97 Å². The number of rotatable bonds is 5. The Labute approximate surface area is 223 Å². The van der Waals surface area contributed by atoms with Gasteiger partial charge in [-0.1, -0.05) is 35.6 Å². The summed E-state index contributed by atoms with van der Waals surface area (Å²) in [5.74, 6) is -0.509. The van der Waals surface area contributed by atoms with E-state index in [4.69, 9.17) is 14.8 Å². The van der Waals surface area contributed by atoms with Crippen molar-refractivity contribution >= 4 is 39.1 Å². The van der Waals surface area contributed by atoms with E-state index in [0.717, 1.165) is 68.1 Å². The fourth-order valence-corrected chi connectivity index (χ4v) is 6.06. The number of pyridine rings is 1. The summed E-state index contributed by atoms with van der Waals surface area (Å²) in [5.41, 5.74) is 7.10. The molecule has 0 aliphatic heterocycles. The van der Waals surface area contributed by atoms with Crippen molar-refractivity contribution in [2.24, 2.45) is 0 Å². The van der Waals surface area contributed by atoms with E-state index in [1.165, 1.54) is 18.3 Å². The van der Waals surface area contributed by atoms with E-state index in [-0.39, 0.29) is 11.9 Å². The fraction of sp³-hybridized carbons (Fsp3) is 0.207. The van der Waals surface area contributed by atoms with Gasteiger partial charge in [-0.15, -0.1) is 0 Å². The number of fused-ring (bicyclic) bond motifs is 4. The van der Waals surface area contributed by atoms with E-state index < -0.39 is 0 Å². The van der Waals surface area contributed by atoms with Crippen LogP contribution in [0.1, 0.15) is 41.2 Å². The lowest BCUT2D eigenvalue weighted by Crippen LogP contribution is -2.09. The molecule has 0 bridgehead atoms. The number of benzene rings is 2. The first-order valence-corrected chi connectivity index (χ1v) is 13.3. The highest BCUT2D eigenvalue weighted by Crippen LogP contribution is 2.45. The monoisotopic (exact) mass is 523 g/mol. The molecule has 5 aromatic rings. The Bertz CT molecular complexity index is 1720. The highest BCUT2D eigenvalue weighted by molar-refractivity contribution is 7.19. The zero-order valence-electron chi connectivity index (χ0n) is 21.2. The number of esters is 1. The third-order valence-corrected chi connectivity index (χ3v) is 7.62. The van der Waals surface area contributed by atoms with Crippen molar-refractivity contribution in [2.75, 3.05) is 11.9 Å². The second-order valence-electron chi connectivity index (χ2n) is 9.15. The maximum Gasteiger partial charge on any atom is 0.338 e. The highest BCUT2D eigenvalue weighted by Gasteiger charge is 2.30. The number of amides is 1. The van der Waals surface area contributed by atoms with Crippen LogP contribution in [0.5, 0.6) is 0 Å². The Hall–Kier alpha value is -4.37. The van der Waals surface area contributed by atoms with Gasteiger partial charge in [0.1, 0.15) is 0 Å². The Morgan fingerprint density at radius 3 is 2.63 bits per heavy atom. The van der Waals surface area contributed by atoms with Crippen molar-refractivity contribution in [1.82, 2.24) is 19.7 Å². The summed E-state index contributed by atoms with van der Waals surface area (Å²) in [5, 5.41) is 10.2. The molecule has 0 radical (unpaired) electrons. The van der Waals surface area contributed by atoms with E-state index in [1.54, 1.807) is 13.0 Å². The summed E-state index contributed by atoms with van der Waals surface area (Å²) >= 11 is 1.45. The minimum atomic E-state index is -0.353. The van der Waals surface area contributed by atoms with Crippen molar-refractivity contribution < 1.29 is 14.3 Å². The smallest absolute Gasteiger partial charge is 0.338 e. The van der Waals surface area contributed by atoms with Gasteiger partial charge in [-0.05, 0) is 56.3 Å². The SMILES string of the molecule is CCOC(=O)c1ccc(-n2nc(-c3ccc(C)nc3)c3c2-c2sc(NC(C)=O)nc2CC3)c2ccccc12. The second kappa shape index (κ2) is 9.50. The number of aromatic nitrogens is 4. The minimum Gasteiger partial charge on any atom is -0.462 e. The van der Waals surface area contributed by atoms with Crippen LogP contribution in [0.2, 0.25) is 0 Å². The molecule has 9 heteroatoms. The van der Waals surface area contributed by atoms with E-state index >= 15 is 0 Å². The first-order valence-electron chi connectivity index (χ1n) is 12.5. The third kappa shape index (κ3) is 4.05. The standard InChI is InChI=1S/C29H25N5O3S/c1-4-37-28(36)21-12-14-24(20-8-6-5-7-19(20)21)34-26-22(25(33-34)18-10-9-16(2)30-15-18)11-13-23-27(26)38-29(32-23)31-17(3)35/h5-10,12,14-15H,4,11,13H2,1-3H3,(H,31,32,35). The average Bonchev–Trinajstić information content (AvgIpc) is 3.49. The van der Waals surface area contributed by atoms with Gasteiger partial charge in [0.25, 0.3) is 0 Å². The van der Waals surface area contributed by atoms with Crippen LogP contribution in [0, 0.1) is 6.92 Å². The number of carbonyl (C=O) groups excluding carboxylic acids is 2. The molecular weight excluding hydrogens is 498 g/mol. The maximum atomic E-state index is 12.7. The Balaban J connectivity index is 1.62. The highest BCUT2D eigenvalue weighted by atomic mass is 32.1. The van der Waals surface area contributed by atoms with Gasteiger partial charge < -0.3 is 10.1 Å². The molecule has 1 amide bonds. The third-order valence-electron chi connectivity index (χ3n) is 6.60. The fourth-order valence-electron chi connectivity index (χ4n) is 4.94. The van der Waals surface area contributed by atoms with E-state index in [1.807, 2.05) is 60.3 Å². The van der Waals surface area contributed by atoms with Crippen LogP contribution >= 0.6 is 11.3 Å². The molecule has 0 atom stereocenters. The molecule has 38 heavy (non-hydrogen) atoms. The number of aryl methyl sites for hydroxylation is 2. The zero-order valence-corrected chi connectivity index (χ0v) is 22.1. The summed E-state index contributed by atoms with van der Waals surface area (Å²) in [6.45, 7) is 5.55. The number of ether oxygens (including phenoxy) is 1. The maximum absolute atomic E-state index is 12.7. The van der Waals surface area contributed by atoms with Crippen LogP contribution in [0.3, 0.4) is 0 Å². The molecule has 1 aliphatic rings. The number of nitrogens with zero attached hydrogens (tertiary/aromatic N) is 4. The van der Waals surface area contributed by atoms with E-state index in [9.17, 15) is 9.59 Å². The summed E-state index contributed by atoms with van der Waals surface area (Å²) in [7, 11) is 0. The molecule has 1 aliphatic carbocycles. The van der Waals surface area contributed by atoms with Crippen LogP contribution in [0.4, 0.5) is 5.13 Å². The number of anilines is 1.